The van der Waals surface area contributed by atoms with Crippen molar-refractivity contribution in [1.82, 2.24) is 4.98 Å². The van der Waals surface area contributed by atoms with Gasteiger partial charge in [0.05, 0.1) is 16.8 Å². The lowest BCUT2D eigenvalue weighted by molar-refractivity contribution is -0.192. The number of carboxylic acid groups (broad SMARTS) is 2. The monoisotopic (exact) mass is 517 g/mol. The maximum absolute atomic E-state index is 12.6. The first-order chi connectivity index (χ1) is 16.2. The number of aromatic carboxylic acids is 1. The molecule has 9 nitrogen and oxygen atoms in total. The van der Waals surface area contributed by atoms with Crippen molar-refractivity contribution in [1.29, 1.82) is 0 Å². The number of aliphatic carboxylic acids is 1. The van der Waals surface area contributed by atoms with E-state index in [0.717, 1.165) is 37.9 Å². The quantitative estimate of drug-likeness (QED) is 0.523. The van der Waals surface area contributed by atoms with Crippen molar-refractivity contribution in [3.63, 3.8) is 0 Å². The number of piperidine rings is 1. The van der Waals surface area contributed by atoms with E-state index >= 15 is 0 Å². The number of carboxylic acids is 2. The highest BCUT2D eigenvalue weighted by atomic mass is 32.2. The van der Waals surface area contributed by atoms with Crippen molar-refractivity contribution in [2.45, 2.75) is 44.2 Å². The summed E-state index contributed by atoms with van der Waals surface area (Å²) in [6, 6.07) is 7.93. The summed E-state index contributed by atoms with van der Waals surface area (Å²) in [5.41, 5.74) is 1.16. The molecule has 1 saturated heterocycles. The summed E-state index contributed by atoms with van der Waals surface area (Å²) in [4.78, 5) is 27.0. The second-order valence-electron chi connectivity index (χ2n) is 7.98. The molecular weight excluding hydrogens is 491 g/mol. The van der Waals surface area contributed by atoms with Crippen LogP contribution in [0.4, 0.5) is 24.7 Å². The van der Waals surface area contributed by atoms with Crippen LogP contribution in [-0.2, 0) is 21.2 Å². The zero-order chi connectivity index (χ0) is 26.4. The number of carbonyl (C=O) groups is 2. The Labute approximate surface area is 200 Å². The fourth-order valence-electron chi connectivity index (χ4n) is 3.26. The van der Waals surface area contributed by atoms with Crippen molar-refractivity contribution in [2.75, 3.05) is 22.7 Å². The molecule has 0 atom stereocenters. The topological polar surface area (TPSA) is 137 Å². The van der Waals surface area contributed by atoms with Gasteiger partial charge in [-0.15, -0.1) is 0 Å². The number of aryl methyl sites for hydroxylation is 1. The van der Waals surface area contributed by atoms with E-state index in [-0.39, 0.29) is 16.1 Å². The van der Waals surface area contributed by atoms with Crippen LogP contribution in [0, 0.1) is 5.92 Å². The Kier molecular flexibility index (Phi) is 9.07. The number of sulfonamides is 1. The third-order valence-corrected chi connectivity index (χ3v) is 6.71. The first-order valence-corrected chi connectivity index (χ1v) is 12.1. The number of hydrogen-bond acceptors (Lipinski definition) is 6. The molecule has 13 heteroatoms. The van der Waals surface area contributed by atoms with Crippen LogP contribution in [0.5, 0.6) is 0 Å². The van der Waals surface area contributed by atoms with Crippen molar-refractivity contribution in [2.24, 2.45) is 5.92 Å². The van der Waals surface area contributed by atoms with Gasteiger partial charge in [-0.1, -0.05) is 26.0 Å². The molecule has 35 heavy (non-hydrogen) atoms. The van der Waals surface area contributed by atoms with E-state index in [2.05, 4.69) is 16.6 Å². The molecular formula is C22H26F3N3O6S. The molecule has 0 aliphatic carbocycles. The van der Waals surface area contributed by atoms with E-state index in [1.54, 1.807) is 12.1 Å². The average Bonchev–Trinajstić information content (AvgIpc) is 2.79. The number of benzene rings is 1. The number of pyridine rings is 1. The molecule has 3 N–H and O–H groups in total. The lowest BCUT2D eigenvalue weighted by atomic mass is 9.99. The normalized spacial score (nSPS) is 14.6. The molecule has 1 aromatic heterocycles. The zero-order valence-corrected chi connectivity index (χ0v) is 19.9. The predicted molar refractivity (Wildman–Crippen MR) is 122 cm³/mol. The second kappa shape index (κ2) is 11.4. The molecule has 0 amide bonds. The Morgan fingerprint density at radius 2 is 1.69 bits per heavy atom. The van der Waals surface area contributed by atoms with Crippen LogP contribution in [0.25, 0.3) is 0 Å². The van der Waals surface area contributed by atoms with Gasteiger partial charge in [-0.2, -0.15) is 13.2 Å². The molecule has 3 rings (SSSR count). The molecule has 1 aliphatic heterocycles. The van der Waals surface area contributed by atoms with Crippen LogP contribution in [0.15, 0.2) is 41.4 Å². The van der Waals surface area contributed by atoms with E-state index in [9.17, 15) is 31.5 Å². The van der Waals surface area contributed by atoms with Gasteiger partial charge in [-0.3, -0.25) is 4.72 Å². The molecule has 2 heterocycles. The number of nitrogens with one attached hydrogen (secondary N) is 1. The van der Waals surface area contributed by atoms with Crippen LogP contribution in [-0.4, -0.2) is 54.8 Å². The van der Waals surface area contributed by atoms with Crippen LogP contribution >= 0.6 is 0 Å². The number of alkyl halides is 3. The largest absolute Gasteiger partial charge is 0.490 e. The summed E-state index contributed by atoms with van der Waals surface area (Å²) in [6.45, 7) is 5.64. The smallest absolute Gasteiger partial charge is 0.478 e. The summed E-state index contributed by atoms with van der Waals surface area (Å²) in [5.74, 6) is -2.90. The van der Waals surface area contributed by atoms with Crippen LogP contribution in [0.3, 0.4) is 0 Å². The van der Waals surface area contributed by atoms with Crippen LogP contribution in [0.1, 0.15) is 42.6 Å². The molecule has 2 aromatic rings. The Balaban J connectivity index is 0.000000540. The third-order valence-electron chi connectivity index (χ3n) is 5.32. The highest BCUT2D eigenvalue weighted by molar-refractivity contribution is 7.92. The van der Waals surface area contributed by atoms with Gasteiger partial charge in [-0.05, 0) is 48.9 Å². The maximum Gasteiger partial charge on any atom is 0.490 e. The molecule has 0 bridgehead atoms. The van der Waals surface area contributed by atoms with Crippen molar-refractivity contribution >= 4 is 33.5 Å². The van der Waals surface area contributed by atoms with E-state index < -0.39 is 28.1 Å². The van der Waals surface area contributed by atoms with Gasteiger partial charge in [0.1, 0.15) is 11.4 Å². The molecule has 1 aliphatic rings. The van der Waals surface area contributed by atoms with Crippen molar-refractivity contribution in [3.05, 3.63) is 47.7 Å². The van der Waals surface area contributed by atoms with Gasteiger partial charge in [0.15, 0.2) is 0 Å². The van der Waals surface area contributed by atoms with Gasteiger partial charge in [0.2, 0.25) is 0 Å². The Bertz CT molecular complexity index is 1150. The highest BCUT2D eigenvalue weighted by Gasteiger charge is 2.38. The molecule has 1 aromatic carbocycles. The second-order valence-corrected chi connectivity index (χ2v) is 9.66. The van der Waals surface area contributed by atoms with E-state index in [1.807, 2.05) is 11.8 Å². The summed E-state index contributed by atoms with van der Waals surface area (Å²) < 4.78 is 59.4. The van der Waals surface area contributed by atoms with E-state index in [0.29, 0.717) is 11.7 Å². The number of hydrogen-bond donors (Lipinski definition) is 3. The zero-order valence-electron chi connectivity index (χ0n) is 19.0. The van der Waals surface area contributed by atoms with Crippen molar-refractivity contribution in [3.8, 4) is 0 Å². The van der Waals surface area contributed by atoms with E-state index in [1.165, 1.54) is 24.4 Å². The van der Waals surface area contributed by atoms with Crippen LogP contribution < -0.4 is 9.62 Å². The van der Waals surface area contributed by atoms with E-state index in [4.69, 9.17) is 9.90 Å². The summed E-state index contributed by atoms with van der Waals surface area (Å²) in [7, 11) is -3.82. The number of anilines is 2. The Morgan fingerprint density at radius 3 is 2.14 bits per heavy atom. The summed E-state index contributed by atoms with van der Waals surface area (Å²) in [5, 5.41) is 16.7. The predicted octanol–water partition coefficient (Wildman–Crippen LogP) is 4.01. The fourth-order valence-corrected chi connectivity index (χ4v) is 4.30. The highest BCUT2D eigenvalue weighted by Crippen LogP contribution is 2.27. The molecule has 1 fully saturated rings. The Morgan fingerprint density at radius 1 is 1.14 bits per heavy atom. The SMILES string of the molecule is CCc1ccc(S(=O)(=O)Nc2cnc(N3CCC(C)CC3)c(C(=O)O)c2)cc1.O=C(O)C(F)(F)F. The number of aromatic nitrogens is 1. The number of nitrogens with zero attached hydrogens (tertiary/aromatic N) is 2. The fraction of sp³-hybridized carbons (Fsp3) is 0.409. The lowest BCUT2D eigenvalue weighted by Gasteiger charge is -2.32. The van der Waals surface area contributed by atoms with Gasteiger partial charge < -0.3 is 15.1 Å². The van der Waals surface area contributed by atoms with Gasteiger partial charge in [-0.25, -0.2) is 23.0 Å². The average molecular weight is 518 g/mol. The van der Waals surface area contributed by atoms with Gasteiger partial charge in [0, 0.05) is 13.1 Å². The minimum Gasteiger partial charge on any atom is -0.478 e. The minimum atomic E-state index is -5.08. The van der Waals surface area contributed by atoms with Crippen molar-refractivity contribution < 1.29 is 41.4 Å². The third kappa shape index (κ3) is 7.84. The van der Waals surface area contributed by atoms with Gasteiger partial charge in [0.25, 0.3) is 10.0 Å². The number of halogens is 3. The lowest BCUT2D eigenvalue weighted by Crippen LogP contribution is -2.34. The minimum absolute atomic E-state index is 0.00363. The molecule has 0 saturated carbocycles. The summed E-state index contributed by atoms with van der Waals surface area (Å²) >= 11 is 0. The first-order valence-electron chi connectivity index (χ1n) is 10.6. The van der Waals surface area contributed by atoms with Crippen LogP contribution in [0.2, 0.25) is 0 Å². The molecule has 0 spiro atoms. The maximum atomic E-state index is 12.6. The standard InChI is InChI=1S/C20H25N3O4S.C2HF3O2/c1-3-15-4-6-17(7-5-15)28(26,27)22-16-12-18(20(24)25)19(21-13-16)23-10-8-14(2)9-11-23;3-2(4,5)1(6)7/h4-7,12-14,22H,3,8-11H2,1-2H3,(H,24,25);(H,6,7). The molecule has 0 unspecified atom stereocenters. The Hall–Kier alpha value is -3.35. The van der Waals surface area contributed by atoms with Gasteiger partial charge >= 0.3 is 18.1 Å². The summed E-state index contributed by atoms with van der Waals surface area (Å²) in [6.07, 6.45) is -0.945. The molecule has 192 valence electrons. The first kappa shape index (κ1) is 27.9. The molecule has 0 radical (unpaired) electrons. The number of rotatable bonds is 6.